The first-order valence-corrected chi connectivity index (χ1v) is 12.2. The third kappa shape index (κ3) is 5.65. The SMILES string of the molecule is CCC(Sc1nnc(CS(=O)(=O)c2ccc(C)cc2)n1C)C(=O)Nc1cccc(O)c1. The third-order valence-corrected chi connectivity index (χ3v) is 7.68. The van der Waals surface area contributed by atoms with Gasteiger partial charge in [-0.2, -0.15) is 0 Å². The van der Waals surface area contributed by atoms with E-state index < -0.39 is 15.1 Å². The Labute approximate surface area is 185 Å². The Hall–Kier alpha value is -2.85. The fourth-order valence-corrected chi connectivity index (χ4v) is 5.08. The molecule has 0 aliphatic carbocycles. The molecule has 164 valence electrons. The van der Waals surface area contributed by atoms with Crippen molar-refractivity contribution in [2.75, 3.05) is 5.32 Å². The molecule has 8 nitrogen and oxygen atoms in total. The van der Waals surface area contributed by atoms with Crippen molar-refractivity contribution in [2.24, 2.45) is 7.05 Å². The van der Waals surface area contributed by atoms with Gasteiger partial charge in [-0.1, -0.05) is 42.4 Å². The Morgan fingerprint density at radius 3 is 2.55 bits per heavy atom. The zero-order valence-electron chi connectivity index (χ0n) is 17.4. The minimum atomic E-state index is -3.57. The number of anilines is 1. The van der Waals surface area contributed by atoms with Crippen LogP contribution in [0.15, 0.2) is 58.6 Å². The molecule has 10 heteroatoms. The van der Waals surface area contributed by atoms with Gasteiger partial charge in [-0.25, -0.2) is 8.42 Å². The van der Waals surface area contributed by atoms with Crippen LogP contribution in [-0.2, 0) is 27.4 Å². The van der Waals surface area contributed by atoms with Gasteiger partial charge in [0.1, 0.15) is 17.3 Å². The predicted octanol–water partition coefficient (Wildman–Crippen LogP) is 3.31. The molecule has 0 aliphatic heterocycles. The fourth-order valence-electron chi connectivity index (χ4n) is 2.83. The Kier molecular flexibility index (Phi) is 7.01. The summed E-state index contributed by atoms with van der Waals surface area (Å²) in [5, 5.41) is 20.4. The minimum absolute atomic E-state index is 0.0613. The van der Waals surface area contributed by atoms with E-state index in [-0.39, 0.29) is 22.3 Å². The molecule has 1 aromatic heterocycles. The van der Waals surface area contributed by atoms with Crippen molar-refractivity contribution in [3.63, 3.8) is 0 Å². The molecule has 1 atom stereocenters. The number of carbonyl (C=O) groups excluding carboxylic acids is 1. The molecule has 0 bridgehead atoms. The van der Waals surface area contributed by atoms with Gasteiger partial charge in [-0.05, 0) is 37.6 Å². The number of nitrogens with zero attached hydrogens (tertiary/aromatic N) is 3. The van der Waals surface area contributed by atoms with Crippen LogP contribution in [0.3, 0.4) is 0 Å². The topological polar surface area (TPSA) is 114 Å². The molecule has 0 saturated heterocycles. The van der Waals surface area contributed by atoms with E-state index in [0.717, 1.165) is 5.56 Å². The van der Waals surface area contributed by atoms with Gasteiger partial charge in [0.15, 0.2) is 15.0 Å². The van der Waals surface area contributed by atoms with E-state index in [1.54, 1.807) is 48.0 Å². The van der Waals surface area contributed by atoms with E-state index in [0.29, 0.717) is 23.1 Å². The highest BCUT2D eigenvalue weighted by molar-refractivity contribution is 8.00. The number of phenolic OH excluding ortho intramolecular Hbond substituents is 1. The first kappa shape index (κ1) is 22.8. The molecule has 0 spiro atoms. The van der Waals surface area contributed by atoms with Crippen LogP contribution < -0.4 is 5.32 Å². The fraction of sp³-hybridized carbons (Fsp3) is 0.286. The number of aromatic nitrogens is 3. The summed E-state index contributed by atoms with van der Waals surface area (Å²) in [6.45, 7) is 3.77. The van der Waals surface area contributed by atoms with Crippen LogP contribution >= 0.6 is 11.8 Å². The molecule has 1 amide bonds. The lowest BCUT2D eigenvalue weighted by Gasteiger charge is -2.14. The second-order valence-corrected chi connectivity index (χ2v) is 10.2. The standard InChI is InChI=1S/C21H24N4O4S2/c1-4-18(20(27)22-15-6-5-7-16(26)12-15)30-21-24-23-19(25(21)3)13-31(28,29)17-10-8-14(2)9-11-17/h5-12,18,26H,4,13H2,1-3H3,(H,22,27). The first-order chi connectivity index (χ1) is 14.7. The number of hydrogen-bond acceptors (Lipinski definition) is 7. The van der Waals surface area contributed by atoms with Crippen molar-refractivity contribution in [1.82, 2.24) is 14.8 Å². The van der Waals surface area contributed by atoms with E-state index in [1.165, 1.54) is 23.9 Å². The average Bonchev–Trinajstić information content (AvgIpc) is 3.05. The molecule has 3 rings (SSSR count). The lowest BCUT2D eigenvalue weighted by molar-refractivity contribution is -0.115. The van der Waals surface area contributed by atoms with Gasteiger partial charge in [0.2, 0.25) is 5.91 Å². The van der Waals surface area contributed by atoms with Crippen LogP contribution in [0.4, 0.5) is 5.69 Å². The number of carbonyl (C=O) groups is 1. The molecule has 31 heavy (non-hydrogen) atoms. The maximum atomic E-state index is 12.7. The highest BCUT2D eigenvalue weighted by atomic mass is 32.2. The van der Waals surface area contributed by atoms with Gasteiger partial charge in [-0.3, -0.25) is 4.79 Å². The number of amides is 1. The number of rotatable bonds is 8. The zero-order valence-corrected chi connectivity index (χ0v) is 19.1. The smallest absolute Gasteiger partial charge is 0.237 e. The summed E-state index contributed by atoms with van der Waals surface area (Å²) in [5.74, 6) is -0.167. The van der Waals surface area contributed by atoms with Crippen LogP contribution in [0, 0.1) is 6.92 Å². The second kappa shape index (κ2) is 9.52. The van der Waals surface area contributed by atoms with E-state index in [2.05, 4.69) is 15.5 Å². The van der Waals surface area contributed by atoms with Gasteiger partial charge < -0.3 is 15.0 Å². The first-order valence-electron chi connectivity index (χ1n) is 9.64. The van der Waals surface area contributed by atoms with Gasteiger partial charge in [-0.15, -0.1) is 10.2 Å². The van der Waals surface area contributed by atoms with Crippen molar-refractivity contribution in [3.05, 3.63) is 59.9 Å². The molecule has 1 heterocycles. The van der Waals surface area contributed by atoms with E-state index in [1.807, 2.05) is 13.8 Å². The third-order valence-electron chi connectivity index (χ3n) is 4.65. The number of sulfone groups is 1. The maximum Gasteiger partial charge on any atom is 0.237 e. The monoisotopic (exact) mass is 460 g/mol. The number of hydrogen-bond donors (Lipinski definition) is 2. The van der Waals surface area contributed by atoms with E-state index in [4.69, 9.17) is 0 Å². The Bertz CT molecular complexity index is 1170. The van der Waals surface area contributed by atoms with Gasteiger partial charge >= 0.3 is 0 Å². The molecule has 0 saturated carbocycles. The summed E-state index contributed by atoms with van der Waals surface area (Å²) < 4.78 is 27.0. The van der Waals surface area contributed by atoms with Crippen molar-refractivity contribution < 1.29 is 18.3 Å². The largest absolute Gasteiger partial charge is 0.508 e. The molecular weight excluding hydrogens is 436 g/mol. The van der Waals surface area contributed by atoms with E-state index >= 15 is 0 Å². The summed E-state index contributed by atoms with van der Waals surface area (Å²) in [5.41, 5.74) is 1.47. The number of thioether (sulfide) groups is 1. The Balaban J connectivity index is 1.72. The van der Waals surface area contributed by atoms with Crippen LogP contribution in [-0.4, -0.2) is 39.4 Å². The van der Waals surface area contributed by atoms with Crippen molar-refractivity contribution >= 4 is 33.2 Å². The van der Waals surface area contributed by atoms with Gasteiger partial charge in [0.25, 0.3) is 0 Å². The molecule has 0 aliphatic rings. The van der Waals surface area contributed by atoms with Crippen molar-refractivity contribution in [1.29, 1.82) is 0 Å². The van der Waals surface area contributed by atoms with Crippen molar-refractivity contribution in [3.8, 4) is 5.75 Å². The van der Waals surface area contributed by atoms with E-state index in [9.17, 15) is 18.3 Å². The average molecular weight is 461 g/mol. The highest BCUT2D eigenvalue weighted by Gasteiger charge is 2.24. The van der Waals surface area contributed by atoms with Crippen LogP contribution in [0.25, 0.3) is 0 Å². The quantitative estimate of drug-likeness (QED) is 0.496. The summed E-state index contributed by atoms with van der Waals surface area (Å²) in [6, 6.07) is 13.0. The molecule has 2 N–H and O–H groups in total. The molecule has 0 radical (unpaired) electrons. The zero-order chi connectivity index (χ0) is 22.6. The lowest BCUT2D eigenvalue weighted by Crippen LogP contribution is -2.25. The minimum Gasteiger partial charge on any atom is -0.508 e. The van der Waals surface area contributed by atoms with Crippen molar-refractivity contribution in [2.45, 2.75) is 41.3 Å². The summed E-state index contributed by atoms with van der Waals surface area (Å²) >= 11 is 1.21. The lowest BCUT2D eigenvalue weighted by atomic mass is 10.2. The Morgan fingerprint density at radius 2 is 1.90 bits per heavy atom. The number of nitrogens with one attached hydrogen (secondary N) is 1. The summed E-state index contributed by atoms with van der Waals surface area (Å²) in [4.78, 5) is 12.9. The molecule has 1 unspecified atom stereocenters. The summed E-state index contributed by atoms with van der Waals surface area (Å²) in [7, 11) is -1.89. The molecule has 2 aromatic carbocycles. The predicted molar refractivity (Wildman–Crippen MR) is 120 cm³/mol. The number of aromatic hydroxyl groups is 1. The summed E-state index contributed by atoms with van der Waals surface area (Å²) in [6.07, 6.45) is 0.527. The molecule has 3 aromatic rings. The Morgan fingerprint density at radius 1 is 1.19 bits per heavy atom. The van der Waals surface area contributed by atoms with Crippen LogP contribution in [0.1, 0.15) is 24.7 Å². The van der Waals surface area contributed by atoms with Gasteiger partial charge in [0, 0.05) is 18.8 Å². The molecular formula is C21H24N4O4S2. The second-order valence-electron chi connectivity index (χ2n) is 7.08. The van der Waals surface area contributed by atoms with Crippen LogP contribution in [0.2, 0.25) is 0 Å². The highest BCUT2D eigenvalue weighted by Crippen LogP contribution is 2.27. The van der Waals surface area contributed by atoms with Gasteiger partial charge in [0.05, 0.1) is 10.1 Å². The number of phenols is 1. The number of aryl methyl sites for hydroxylation is 1. The normalized spacial score (nSPS) is 12.5. The van der Waals surface area contributed by atoms with Crippen LogP contribution in [0.5, 0.6) is 5.75 Å². The maximum absolute atomic E-state index is 12.7. The number of benzene rings is 2. The molecule has 0 fully saturated rings.